The largest absolute Gasteiger partial charge is 0.496 e. The van der Waals surface area contributed by atoms with Crippen LogP contribution in [-0.4, -0.2) is 21.4 Å². The SMILES string of the molecule is COc1ccc(C(=O)Nc2ccc(S(N)(=O)=O)cc2)cc1CSc1ccc(Cl)cc1. The average molecular weight is 463 g/mol. The van der Waals surface area contributed by atoms with Gasteiger partial charge in [-0.3, -0.25) is 4.79 Å². The van der Waals surface area contributed by atoms with Gasteiger partial charge in [-0.1, -0.05) is 11.6 Å². The summed E-state index contributed by atoms with van der Waals surface area (Å²) in [5, 5.41) is 8.50. The van der Waals surface area contributed by atoms with E-state index < -0.39 is 10.0 Å². The summed E-state index contributed by atoms with van der Waals surface area (Å²) in [7, 11) is -2.20. The van der Waals surface area contributed by atoms with Crippen molar-refractivity contribution in [3.05, 3.63) is 82.9 Å². The highest BCUT2D eigenvalue weighted by Crippen LogP contribution is 2.29. The van der Waals surface area contributed by atoms with Gasteiger partial charge in [0.25, 0.3) is 5.91 Å². The van der Waals surface area contributed by atoms with Gasteiger partial charge < -0.3 is 10.1 Å². The molecule has 0 saturated carbocycles. The fraction of sp³-hybridized carbons (Fsp3) is 0.0952. The Morgan fingerprint density at radius 1 is 1.07 bits per heavy atom. The number of ether oxygens (including phenoxy) is 1. The predicted octanol–water partition coefficient (Wildman–Crippen LogP) is 4.54. The molecule has 6 nitrogen and oxygen atoms in total. The van der Waals surface area contributed by atoms with Crippen molar-refractivity contribution in [2.24, 2.45) is 5.14 Å². The molecule has 0 saturated heterocycles. The molecular formula is C21H19ClN2O4S2. The number of sulfonamides is 1. The molecule has 1 amide bonds. The van der Waals surface area contributed by atoms with E-state index in [0.717, 1.165) is 10.5 Å². The van der Waals surface area contributed by atoms with Crippen molar-refractivity contribution in [1.29, 1.82) is 0 Å². The minimum Gasteiger partial charge on any atom is -0.496 e. The van der Waals surface area contributed by atoms with E-state index in [-0.39, 0.29) is 10.8 Å². The molecule has 3 rings (SSSR count). The zero-order valence-electron chi connectivity index (χ0n) is 16.0. The number of hydrogen-bond donors (Lipinski definition) is 2. The molecular weight excluding hydrogens is 444 g/mol. The van der Waals surface area contributed by atoms with Crippen molar-refractivity contribution < 1.29 is 17.9 Å². The Labute approximate surface area is 184 Å². The number of benzene rings is 3. The van der Waals surface area contributed by atoms with Crippen LogP contribution in [0.4, 0.5) is 5.69 Å². The van der Waals surface area contributed by atoms with Gasteiger partial charge in [0.2, 0.25) is 10.0 Å². The number of anilines is 1. The Kier molecular flexibility index (Phi) is 7.04. The van der Waals surface area contributed by atoms with Crippen molar-refractivity contribution >= 4 is 45.0 Å². The van der Waals surface area contributed by atoms with Crippen LogP contribution in [0.25, 0.3) is 0 Å². The monoisotopic (exact) mass is 462 g/mol. The third-order valence-corrected chi connectivity index (χ3v) is 6.43. The second-order valence-corrected chi connectivity index (χ2v) is 9.34. The molecule has 0 aliphatic carbocycles. The minimum absolute atomic E-state index is 0.0218. The number of carbonyl (C=O) groups is 1. The van der Waals surface area contributed by atoms with Gasteiger partial charge in [0.1, 0.15) is 5.75 Å². The highest BCUT2D eigenvalue weighted by molar-refractivity contribution is 7.98. The summed E-state index contributed by atoms with van der Waals surface area (Å²) < 4.78 is 28.1. The molecule has 0 aromatic heterocycles. The first-order chi connectivity index (χ1) is 14.3. The smallest absolute Gasteiger partial charge is 0.255 e. The van der Waals surface area contributed by atoms with Crippen molar-refractivity contribution in [1.82, 2.24) is 0 Å². The molecule has 9 heteroatoms. The lowest BCUT2D eigenvalue weighted by molar-refractivity contribution is 0.102. The van der Waals surface area contributed by atoms with Gasteiger partial charge in [-0.15, -0.1) is 11.8 Å². The maximum atomic E-state index is 12.6. The van der Waals surface area contributed by atoms with Gasteiger partial charge >= 0.3 is 0 Å². The lowest BCUT2D eigenvalue weighted by Crippen LogP contribution is -2.14. The Bertz CT molecular complexity index is 1150. The molecule has 3 aromatic carbocycles. The van der Waals surface area contributed by atoms with E-state index in [1.54, 1.807) is 37.1 Å². The van der Waals surface area contributed by atoms with Gasteiger partial charge in [-0.25, -0.2) is 13.6 Å². The van der Waals surface area contributed by atoms with Crippen LogP contribution in [0.15, 0.2) is 76.5 Å². The zero-order valence-corrected chi connectivity index (χ0v) is 18.4. The molecule has 0 atom stereocenters. The third-order valence-electron chi connectivity index (χ3n) is 4.19. The summed E-state index contributed by atoms with van der Waals surface area (Å²) in [5.41, 5.74) is 1.79. The number of primary sulfonamides is 1. The summed E-state index contributed by atoms with van der Waals surface area (Å²) in [4.78, 5) is 13.7. The number of halogens is 1. The van der Waals surface area contributed by atoms with E-state index in [1.807, 2.05) is 24.3 Å². The molecule has 0 aliphatic heterocycles. The summed E-state index contributed by atoms with van der Waals surface area (Å²) >= 11 is 7.52. The zero-order chi connectivity index (χ0) is 21.7. The van der Waals surface area contributed by atoms with Gasteiger partial charge in [-0.05, 0) is 66.7 Å². The van der Waals surface area contributed by atoms with Crippen LogP contribution in [0.5, 0.6) is 5.75 Å². The minimum atomic E-state index is -3.78. The lowest BCUT2D eigenvalue weighted by Gasteiger charge is -2.11. The standard InChI is InChI=1S/C21H19ClN2O4S2/c1-28-20-11-2-14(12-15(20)13-29-18-7-3-16(22)4-8-18)21(25)24-17-5-9-19(10-6-17)30(23,26)27/h2-12H,13H2,1H3,(H,24,25)(H2,23,26,27). The quantitative estimate of drug-likeness (QED) is 0.502. The molecule has 0 unspecified atom stereocenters. The second kappa shape index (κ2) is 9.53. The van der Waals surface area contributed by atoms with Gasteiger partial charge in [0.15, 0.2) is 0 Å². The lowest BCUT2D eigenvalue weighted by atomic mass is 10.1. The predicted molar refractivity (Wildman–Crippen MR) is 120 cm³/mol. The van der Waals surface area contributed by atoms with Crippen molar-refractivity contribution in [2.45, 2.75) is 15.5 Å². The fourth-order valence-electron chi connectivity index (χ4n) is 2.66. The molecule has 0 radical (unpaired) electrons. The van der Waals surface area contributed by atoms with Crippen LogP contribution in [-0.2, 0) is 15.8 Å². The second-order valence-electron chi connectivity index (χ2n) is 6.29. The summed E-state index contributed by atoms with van der Waals surface area (Å²) in [6.45, 7) is 0. The number of nitrogens with one attached hydrogen (secondary N) is 1. The van der Waals surface area contributed by atoms with Crippen LogP contribution in [0.2, 0.25) is 5.02 Å². The van der Waals surface area contributed by atoms with Crippen molar-refractivity contribution in [2.75, 3.05) is 12.4 Å². The van der Waals surface area contributed by atoms with E-state index >= 15 is 0 Å². The number of amides is 1. The summed E-state index contributed by atoms with van der Waals surface area (Å²) in [5.74, 6) is 0.971. The van der Waals surface area contributed by atoms with E-state index in [0.29, 0.717) is 27.8 Å². The normalized spacial score (nSPS) is 11.2. The van der Waals surface area contributed by atoms with Crippen LogP contribution < -0.4 is 15.2 Å². The molecule has 0 fully saturated rings. The topological polar surface area (TPSA) is 98.5 Å². The molecule has 3 aromatic rings. The Morgan fingerprint density at radius 2 is 1.73 bits per heavy atom. The third kappa shape index (κ3) is 5.76. The highest BCUT2D eigenvalue weighted by Gasteiger charge is 2.12. The van der Waals surface area contributed by atoms with Crippen LogP contribution >= 0.6 is 23.4 Å². The first-order valence-corrected chi connectivity index (χ1v) is 11.7. The maximum Gasteiger partial charge on any atom is 0.255 e. The van der Waals surface area contributed by atoms with Gasteiger partial charge in [0.05, 0.1) is 12.0 Å². The molecule has 0 aliphatic rings. The Balaban J connectivity index is 1.74. The van der Waals surface area contributed by atoms with E-state index in [1.165, 1.54) is 24.3 Å². The van der Waals surface area contributed by atoms with Crippen LogP contribution in [0.1, 0.15) is 15.9 Å². The maximum absolute atomic E-state index is 12.6. The number of rotatable bonds is 7. The molecule has 0 bridgehead atoms. The number of carbonyl (C=O) groups excluding carboxylic acids is 1. The highest BCUT2D eigenvalue weighted by atomic mass is 35.5. The Morgan fingerprint density at radius 3 is 2.33 bits per heavy atom. The molecule has 3 N–H and O–H groups in total. The van der Waals surface area contributed by atoms with Crippen molar-refractivity contribution in [3.63, 3.8) is 0 Å². The molecule has 156 valence electrons. The van der Waals surface area contributed by atoms with E-state index in [9.17, 15) is 13.2 Å². The average Bonchev–Trinajstić information content (AvgIpc) is 2.73. The van der Waals surface area contributed by atoms with Crippen LogP contribution in [0.3, 0.4) is 0 Å². The van der Waals surface area contributed by atoms with E-state index in [2.05, 4.69) is 5.32 Å². The summed E-state index contributed by atoms with van der Waals surface area (Å²) in [6.07, 6.45) is 0. The number of methoxy groups -OCH3 is 1. The van der Waals surface area contributed by atoms with Gasteiger partial charge in [0, 0.05) is 32.5 Å². The fourth-order valence-corrected chi connectivity index (χ4v) is 4.17. The Hall–Kier alpha value is -2.52. The molecule has 30 heavy (non-hydrogen) atoms. The first-order valence-electron chi connectivity index (χ1n) is 8.76. The van der Waals surface area contributed by atoms with E-state index in [4.69, 9.17) is 21.5 Å². The summed E-state index contributed by atoms with van der Waals surface area (Å²) in [6, 6.07) is 18.4. The number of hydrogen-bond acceptors (Lipinski definition) is 5. The van der Waals surface area contributed by atoms with Crippen LogP contribution in [0, 0.1) is 0 Å². The molecule has 0 spiro atoms. The number of thioether (sulfide) groups is 1. The van der Waals surface area contributed by atoms with Crippen molar-refractivity contribution in [3.8, 4) is 5.75 Å². The van der Waals surface area contributed by atoms with Gasteiger partial charge in [-0.2, -0.15) is 0 Å². The first kappa shape index (κ1) is 22.2. The number of nitrogens with two attached hydrogens (primary N) is 1. The molecule has 0 heterocycles.